The molecular weight excluding hydrogens is 1310 g/mol. The van der Waals surface area contributed by atoms with Crippen molar-refractivity contribution in [2.24, 2.45) is 17.8 Å². The molecule has 14 heteroatoms. The zero-order chi connectivity index (χ0) is 74.1. The average Bonchev–Trinajstić information content (AvgIpc) is 0.822. The van der Waals surface area contributed by atoms with Gasteiger partial charge in [-0.2, -0.15) is 13.2 Å². The van der Waals surface area contributed by atoms with Gasteiger partial charge in [-0.25, -0.2) is 27.2 Å². The van der Waals surface area contributed by atoms with Gasteiger partial charge in [-0.15, -0.1) is 0 Å². The summed E-state index contributed by atoms with van der Waals surface area (Å²) in [5.41, 5.74) is 8.68. The van der Waals surface area contributed by atoms with E-state index in [-0.39, 0.29) is 45.3 Å². The number of hydrogen-bond acceptors (Lipinski definition) is 7. The first kappa shape index (κ1) is 79.8. The van der Waals surface area contributed by atoms with Gasteiger partial charge in [0.05, 0.1) is 19.8 Å². The van der Waals surface area contributed by atoms with Crippen LogP contribution in [0.2, 0.25) is 0 Å². The van der Waals surface area contributed by atoms with Gasteiger partial charge in [-0.1, -0.05) is 164 Å². The maximum atomic E-state index is 14.5. The van der Waals surface area contributed by atoms with E-state index in [2.05, 4.69) is 70.3 Å². The Hall–Kier alpha value is -8.91. The van der Waals surface area contributed by atoms with Gasteiger partial charge in [-0.3, -0.25) is 0 Å². The van der Waals surface area contributed by atoms with Crippen molar-refractivity contribution in [1.29, 1.82) is 0 Å². The third-order valence-corrected chi connectivity index (χ3v) is 20.0. The van der Waals surface area contributed by atoms with Gasteiger partial charge in [0.25, 0.3) is 0 Å². The van der Waals surface area contributed by atoms with Crippen molar-refractivity contribution >= 4 is 11.9 Å². The summed E-state index contributed by atoms with van der Waals surface area (Å²) in [7, 11) is 0. The smallest absolute Gasteiger partial charge is 0.338 e. The predicted octanol–water partition coefficient (Wildman–Crippen LogP) is 25.8. The molecule has 8 aromatic carbocycles. The number of halogens is 7. The minimum atomic E-state index is -0.915. The van der Waals surface area contributed by atoms with Crippen molar-refractivity contribution in [2.45, 2.75) is 189 Å². The molecule has 0 atom stereocenters. The third-order valence-electron chi connectivity index (χ3n) is 20.0. The van der Waals surface area contributed by atoms with Crippen LogP contribution in [0.3, 0.4) is 0 Å². The Morgan fingerprint density at radius 3 is 1.02 bits per heavy atom. The highest BCUT2D eigenvalue weighted by Crippen LogP contribution is 2.43. The topological polar surface area (TPSA) is 80.3 Å². The van der Waals surface area contributed by atoms with Gasteiger partial charge in [0.15, 0.2) is 46.3 Å². The lowest BCUT2D eigenvalue weighted by Crippen LogP contribution is -2.13. The van der Waals surface area contributed by atoms with E-state index in [1.165, 1.54) is 163 Å². The zero-order valence-corrected chi connectivity index (χ0v) is 61.2. The van der Waals surface area contributed by atoms with Crippen LogP contribution < -0.4 is 23.7 Å². The second-order valence-corrected chi connectivity index (χ2v) is 27.4. The molecule has 0 amide bonds. The highest BCUT2D eigenvalue weighted by atomic mass is 19.2. The molecule has 0 heterocycles. The highest BCUT2D eigenvalue weighted by Gasteiger charge is 2.27. The number of carbonyl (C=O) groups excluding carboxylic acids is 2. The molecule has 0 N–H and O–H groups in total. The van der Waals surface area contributed by atoms with Gasteiger partial charge in [0, 0.05) is 27.8 Å². The summed E-state index contributed by atoms with van der Waals surface area (Å²) in [4.78, 5) is 22.9. The van der Waals surface area contributed by atoms with Crippen molar-refractivity contribution in [3.8, 4) is 73.3 Å². The highest BCUT2D eigenvalue weighted by molar-refractivity contribution is 5.89. The normalized spacial score (nSPS) is 17.7. The molecule has 0 saturated heterocycles. The number of ether oxygens (including phenoxy) is 5. The van der Waals surface area contributed by atoms with Crippen LogP contribution in [0.5, 0.6) is 28.7 Å². The Morgan fingerprint density at radius 2 is 0.689 bits per heavy atom. The first-order valence-electron chi connectivity index (χ1n) is 37.0. The standard InChI is InChI=1S/C24H30F2O.C23H28F2O.C22H26F2O.C20H17FO4/c1-3-5-17-6-8-18(9-7-17)19-10-12-20(13-11-19)21-14-15-22(27-16-4-2)24(26)23(21)25;1-3-5-16-6-8-17(9-7-16)18-10-12-19(13-11-18)20-14-15-21(26-4-2)23(25)22(20)24;1-3-15-5-7-16(8-6-15)17-9-11-18(12-10-17)19-13-14-20(25-4-2)22(24)21(19)23;1-12(2)19(22)24-16-8-5-14(6-9-16)15-7-10-18(17(21)11-15)25-20(23)13(3)4/h10-15,17-18H,3-9,16H2,1-2H3;10-17H,3-9H2,1-2H3;9-16H,3-8H2,1-2H3;5-11H,1,3H2,2,4H3. The molecule has 3 saturated carbocycles. The number of benzene rings is 8. The van der Waals surface area contributed by atoms with Crippen LogP contribution in [-0.4, -0.2) is 31.8 Å². The van der Waals surface area contributed by atoms with Crippen LogP contribution in [0.25, 0.3) is 44.5 Å². The van der Waals surface area contributed by atoms with E-state index in [0.29, 0.717) is 76.7 Å². The van der Waals surface area contributed by atoms with E-state index in [9.17, 15) is 40.3 Å². The lowest BCUT2D eigenvalue weighted by molar-refractivity contribution is -0.131. The second kappa shape index (κ2) is 39.7. The molecule has 3 aliphatic carbocycles. The van der Waals surface area contributed by atoms with Gasteiger partial charge >= 0.3 is 11.9 Å². The number of hydrogen-bond donors (Lipinski definition) is 0. The van der Waals surface area contributed by atoms with Crippen LogP contribution in [0.1, 0.15) is 205 Å². The Labute approximate surface area is 605 Å². The van der Waals surface area contributed by atoms with Gasteiger partial charge in [-0.05, 0) is 252 Å². The van der Waals surface area contributed by atoms with E-state index < -0.39 is 52.7 Å². The fourth-order valence-electron chi connectivity index (χ4n) is 14.1. The summed E-state index contributed by atoms with van der Waals surface area (Å²) < 4.78 is 125. The van der Waals surface area contributed by atoms with Crippen LogP contribution >= 0.6 is 0 Å². The summed E-state index contributed by atoms with van der Waals surface area (Å²) in [5.74, 6) is -2.57. The minimum Gasteiger partial charge on any atom is -0.491 e. The fourth-order valence-corrected chi connectivity index (χ4v) is 14.1. The molecule has 0 spiro atoms. The summed E-state index contributed by atoms with van der Waals surface area (Å²) in [6.45, 7) is 23.2. The molecule has 0 aromatic heterocycles. The predicted molar refractivity (Wildman–Crippen MR) is 400 cm³/mol. The zero-order valence-electron chi connectivity index (χ0n) is 61.2. The molecule has 0 aliphatic heterocycles. The van der Waals surface area contributed by atoms with Crippen molar-refractivity contribution in [1.82, 2.24) is 0 Å². The Bertz CT molecular complexity index is 4050. The SMILES string of the molecule is C=C(C)C(=O)Oc1ccc(-c2ccc(OC(=O)C(=C)C)c(F)c2)cc1.CCCC1CCC(c2ccc(-c3ccc(OCC)c(F)c3F)cc2)CC1.CCCOc1ccc(-c2ccc(C3CCC(CCC)CC3)cc2)c(F)c1F.CCOc1ccc(-c2ccc(C3CCC(CC)CC3)cc2)c(F)c1F. The van der Waals surface area contributed by atoms with Crippen molar-refractivity contribution in [3.63, 3.8) is 0 Å². The average molecular weight is 1420 g/mol. The quantitative estimate of drug-likeness (QED) is 0.0273. The summed E-state index contributed by atoms with van der Waals surface area (Å²) >= 11 is 0. The molecule has 8 aromatic rings. The first-order valence-corrected chi connectivity index (χ1v) is 37.0. The Balaban J connectivity index is 0.000000174. The molecule has 11 rings (SSSR count). The molecule has 0 unspecified atom stereocenters. The van der Waals surface area contributed by atoms with E-state index in [0.717, 1.165) is 24.2 Å². The molecule has 7 nitrogen and oxygen atoms in total. The molecule has 3 aliphatic rings. The van der Waals surface area contributed by atoms with Crippen molar-refractivity contribution in [3.05, 3.63) is 233 Å². The Kier molecular flexibility index (Phi) is 30.7. The maximum absolute atomic E-state index is 14.5. The van der Waals surface area contributed by atoms with Gasteiger partial charge in [0.2, 0.25) is 17.5 Å². The van der Waals surface area contributed by atoms with E-state index in [4.69, 9.17) is 23.7 Å². The molecule has 3 fully saturated rings. The lowest BCUT2D eigenvalue weighted by atomic mass is 9.77. The van der Waals surface area contributed by atoms with E-state index in [1.54, 1.807) is 69.3 Å². The number of carbonyl (C=O) groups is 2. The van der Waals surface area contributed by atoms with Gasteiger partial charge in [0.1, 0.15) is 5.75 Å². The Morgan fingerprint density at radius 1 is 0.359 bits per heavy atom. The van der Waals surface area contributed by atoms with Crippen molar-refractivity contribution < 1.29 is 64.0 Å². The summed E-state index contributed by atoms with van der Waals surface area (Å²) in [6.07, 6.45) is 22.4. The molecular formula is C89H101F7O7. The molecule has 0 bridgehead atoms. The van der Waals surface area contributed by atoms with E-state index >= 15 is 0 Å². The van der Waals surface area contributed by atoms with Crippen LogP contribution in [0.4, 0.5) is 30.7 Å². The third kappa shape index (κ3) is 22.1. The molecule has 548 valence electrons. The van der Waals surface area contributed by atoms with Gasteiger partial charge < -0.3 is 23.7 Å². The van der Waals surface area contributed by atoms with Crippen LogP contribution in [0, 0.1) is 58.5 Å². The second-order valence-electron chi connectivity index (χ2n) is 27.4. The molecule has 103 heavy (non-hydrogen) atoms. The van der Waals surface area contributed by atoms with Crippen molar-refractivity contribution in [2.75, 3.05) is 19.8 Å². The monoisotopic (exact) mass is 1410 g/mol. The first-order chi connectivity index (χ1) is 49.7. The minimum absolute atomic E-state index is 0.0152. The summed E-state index contributed by atoms with van der Waals surface area (Å²) in [6, 6.07) is 44.1. The number of esters is 2. The summed E-state index contributed by atoms with van der Waals surface area (Å²) in [5, 5.41) is 0. The van der Waals surface area contributed by atoms with Crippen LogP contribution in [0.15, 0.2) is 176 Å². The van der Waals surface area contributed by atoms with E-state index in [1.807, 2.05) is 43.3 Å². The molecule has 0 radical (unpaired) electrons. The van der Waals surface area contributed by atoms with Crippen LogP contribution in [-0.2, 0) is 9.59 Å². The fraction of sp³-hybridized carbons (Fsp3) is 0.393. The largest absolute Gasteiger partial charge is 0.491 e. The maximum Gasteiger partial charge on any atom is 0.338 e. The lowest BCUT2D eigenvalue weighted by Gasteiger charge is -2.28. The number of rotatable bonds is 23.